The maximum atomic E-state index is 12.5. The van der Waals surface area contributed by atoms with Gasteiger partial charge >= 0.3 is 0 Å². The van der Waals surface area contributed by atoms with Gasteiger partial charge in [-0.2, -0.15) is 8.42 Å². The number of imidazole rings is 1. The van der Waals surface area contributed by atoms with Crippen molar-refractivity contribution in [2.75, 3.05) is 22.3 Å². The van der Waals surface area contributed by atoms with Gasteiger partial charge in [0.25, 0.3) is 10.0 Å². The van der Waals surface area contributed by atoms with E-state index in [4.69, 9.17) is 11.6 Å². The molecule has 0 aliphatic rings. The predicted octanol–water partition coefficient (Wildman–Crippen LogP) is 1.27. The fourth-order valence-electron chi connectivity index (χ4n) is 1.83. The van der Waals surface area contributed by atoms with E-state index in [2.05, 4.69) is 9.71 Å². The van der Waals surface area contributed by atoms with Crippen LogP contribution in [0, 0.1) is 0 Å². The van der Waals surface area contributed by atoms with Crippen LogP contribution in [-0.4, -0.2) is 39.7 Å². The molecule has 1 N–H and O–H groups in total. The van der Waals surface area contributed by atoms with E-state index < -0.39 is 20.0 Å². The molecule has 0 spiro atoms. The summed E-state index contributed by atoms with van der Waals surface area (Å²) in [5, 5.41) is -0.119. The van der Waals surface area contributed by atoms with Crippen LogP contribution in [0.15, 0.2) is 35.5 Å². The molecule has 2 rings (SSSR count). The summed E-state index contributed by atoms with van der Waals surface area (Å²) in [6, 6.07) is 6.16. The summed E-state index contributed by atoms with van der Waals surface area (Å²) in [5.74, 6) is 0. The van der Waals surface area contributed by atoms with Crippen molar-refractivity contribution in [1.82, 2.24) is 9.55 Å². The number of anilines is 2. The first kappa shape index (κ1) is 17.6. The molecule has 23 heavy (non-hydrogen) atoms. The fraction of sp³-hybridized carbons (Fsp3) is 0.250. The summed E-state index contributed by atoms with van der Waals surface area (Å²) in [4.78, 5) is 3.72. The van der Waals surface area contributed by atoms with E-state index in [9.17, 15) is 16.8 Å². The van der Waals surface area contributed by atoms with Gasteiger partial charge in [0.15, 0.2) is 5.03 Å². The molecule has 1 aromatic heterocycles. The van der Waals surface area contributed by atoms with Crippen LogP contribution in [0.2, 0.25) is 5.28 Å². The molecule has 0 radical (unpaired) electrons. The third-order valence-electron chi connectivity index (χ3n) is 3.15. The lowest BCUT2D eigenvalue weighted by molar-refractivity contribution is 0.590. The first-order valence-electron chi connectivity index (χ1n) is 6.27. The standard InChI is InChI=1S/C12H15ClN4O4S2/c1-16-11(8-14-12(16)13)23(20,21)15-9-6-4-5-7-10(9)17(2)22(3,18)19/h4-8,15H,1-3H3. The van der Waals surface area contributed by atoms with Crippen LogP contribution in [-0.2, 0) is 27.1 Å². The lowest BCUT2D eigenvalue weighted by atomic mass is 10.3. The molecule has 0 aliphatic heterocycles. The molecule has 8 nitrogen and oxygen atoms in total. The SMILES string of the molecule is CN(c1ccccc1NS(=O)(=O)c1cnc(Cl)n1C)S(C)(=O)=O. The van der Waals surface area contributed by atoms with E-state index in [0.29, 0.717) is 0 Å². The van der Waals surface area contributed by atoms with Crippen molar-refractivity contribution in [1.29, 1.82) is 0 Å². The Balaban J connectivity index is 2.47. The van der Waals surface area contributed by atoms with E-state index in [1.807, 2.05) is 0 Å². The van der Waals surface area contributed by atoms with Crippen LogP contribution in [0.3, 0.4) is 0 Å². The van der Waals surface area contributed by atoms with E-state index in [1.54, 1.807) is 12.1 Å². The van der Waals surface area contributed by atoms with Crippen LogP contribution in [0.1, 0.15) is 0 Å². The quantitative estimate of drug-likeness (QED) is 0.844. The Morgan fingerprint density at radius 2 is 1.83 bits per heavy atom. The van der Waals surface area contributed by atoms with Gasteiger partial charge < -0.3 is 4.57 Å². The number of nitrogens with zero attached hydrogens (tertiary/aromatic N) is 3. The molecule has 0 saturated carbocycles. The molecule has 0 bridgehead atoms. The van der Waals surface area contributed by atoms with Crippen molar-refractivity contribution in [2.45, 2.75) is 5.03 Å². The highest BCUT2D eigenvalue weighted by atomic mass is 35.5. The highest BCUT2D eigenvalue weighted by Crippen LogP contribution is 2.28. The second-order valence-corrected chi connectivity index (χ2v) is 8.76. The van der Waals surface area contributed by atoms with Gasteiger partial charge in [0.05, 0.1) is 23.8 Å². The van der Waals surface area contributed by atoms with Gasteiger partial charge in [-0.3, -0.25) is 9.03 Å². The molecular formula is C12H15ClN4O4S2. The molecule has 0 fully saturated rings. The van der Waals surface area contributed by atoms with Gasteiger partial charge in [0.2, 0.25) is 15.3 Å². The van der Waals surface area contributed by atoms with E-state index in [-0.39, 0.29) is 21.7 Å². The highest BCUT2D eigenvalue weighted by Gasteiger charge is 2.23. The smallest absolute Gasteiger partial charge is 0.279 e. The minimum Gasteiger partial charge on any atom is -0.307 e. The molecular weight excluding hydrogens is 364 g/mol. The monoisotopic (exact) mass is 378 g/mol. The minimum absolute atomic E-state index is 0.0203. The molecule has 0 unspecified atom stereocenters. The first-order chi connectivity index (χ1) is 10.5. The highest BCUT2D eigenvalue weighted by molar-refractivity contribution is 7.93. The van der Waals surface area contributed by atoms with Gasteiger partial charge in [-0.25, -0.2) is 13.4 Å². The largest absolute Gasteiger partial charge is 0.307 e. The molecule has 2 aromatic rings. The lowest BCUT2D eigenvalue weighted by Crippen LogP contribution is -2.26. The normalized spacial score (nSPS) is 12.2. The van der Waals surface area contributed by atoms with Crippen molar-refractivity contribution in [3.8, 4) is 0 Å². The molecule has 0 saturated heterocycles. The summed E-state index contributed by atoms with van der Waals surface area (Å²) < 4.78 is 52.9. The minimum atomic E-state index is -3.98. The zero-order valence-electron chi connectivity index (χ0n) is 12.6. The van der Waals surface area contributed by atoms with Gasteiger partial charge in [-0.1, -0.05) is 12.1 Å². The van der Waals surface area contributed by atoms with Crippen LogP contribution in [0.25, 0.3) is 0 Å². The number of rotatable bonds is 5. The summed E-state index contributed by atoms with van der Waals surface area (Å²) >= 11 is 5.75. The number of para-hydroxylation sites is 2. The molecule has 1 heterocycles. The van der Waals surface area contributed by atoms with Gasteiger partial charge in [0.1, 0.15) is 0 Å². The molecule has 0 atom stereocenters. The van der Waals surface area contributed by atoms with Crippen molar-refractivity contribution in [2.24, 2.45) is 7.05 Å². The Kier molecular flexibility index (Phi) is 4.60. The van der Waals surface area contributed by atoms with Crippen molar-refractivity contribution >= 4 is 43.0 Å². The maximum Gasteiger partial charge on any atom is 0.279 e. The zero-order valence-corrected chi connectivity index (χ0v) is 14.9. The first-order valence-corrected chi connectivity index (χ1v) is 9.98. The molecule has 11 heteroatoms. The van der Waals surface area contributed by atoms with Crippen LogP contribution < -0.4 is 9.03 Å². The second kappa shape index (κ2) is 6.02. The Hall–Kier alpha value is -1.78. The Labute approximate surface area is 139 Å². The van der Waals surface area contributed by atoms with Gasteiger partial charge in [0, 0.05) is 14.1 Å². The summed E-state index contributed by atoms with van der Waals surface area (Å²) in [6.45, 7) is 0. The van der Waals surface area contributed by atoms with E-state index in [1.165, 1.54) is 30.8 Å². The molecule has 0 amide bonds. The Morgan fingerprint density at radius 3 is 2.35 bits per heavy atom. The lowest BCUT2D eigenvalue weighted by Gasteiger charge is -2.20. The number of nitrogens with one attached hydrogen (secondary N) is 1. The third kappa shape index (κ3) is 3.59. The summed E-state index contributed by atoms with van der Waals surface area (Å²) in [7, 11) is -4.73. The van der Waals surface area contributed by atoms with Gasteiger partial charge in [-0.15, -0.1) is 0 Å². The summed E-state index contributed by atoms with van der Waals surface area (Å²) in [6.07, 6.45) is 2.15. The number of sulfonamides is 2. The molecule has 0 aliphatic carbocycles. The van der Waals surface area contributed by atoms with Crippen molar-refractivity contribution < 1.29 is 16.8 Å². The fourth-order valence-corrected chi connectivity index (χ4v) is 3.74. The van der Waals surface area contributed by atoms with Crippen molar-refractivity contribution in [3.63, 3.8) is 0 Å². The van der Waals surface area contributed by atoms with Crippen molar-refractivity contribution in [3.05, 3.63) is 35.7 Å². The van der Waals surface area contributed by atoms with Gasteiger partial charge in [-0.05, 0) is 23.7 Å². The average molecular weight is 379 g/mol. The zero-order chi connectivity index (χ0) is 17.4. The number of hydrogen-bond donors (Lipinski definition) is 1. The Morgan fingerprint density at radius 1 is 1.22 bits per heavy atom. The number of aromatic nitrogens is 2. The van der Waals surface area contributed by atoms with Crippen LogP contribution in [0.4, 0.5) is 11.4 Å². The van der Waals surface area contributed by atoms with E-state index >= 15 is 0 Å². The summed E-state index contributed by atoms with van der Waals surface area (Å²) in [5.41, 5.74) is 0.324. The average Bonchev–Trinajstić information content (AvgIpc) is 2.78. The van der Waals surface area contributed by atoms with Crippen LogP contribution in [0.5, 0.6) is 0 Å². The van der Waals surface area contributed by atoms with E-state index in [0.717, 1.165) is 16.8 Å². The second-order valence-electron chi connectivity index (χ2n) is 4.78. The number of hydrogen-bond acceptors (Lipinski definition) is 5. The molecule has 126 valence electrons. The Bertz CT molecular complexity index is 938. The number of benzene rings is 1. The molecule has 1 aromatic carbocycles. The maximum absolute atomic E-state index is 12.5. The van der Waals surface area contributed by atoms with Crippen LogP contribution >= 0.6 is 11.6 Å². The topological polar surface area (TPSA) is 101 Å². The third-order valence-corrected chi connectivity index (χ3v) is 6.11. The predicted molar refractivity (Wildman–Crippen MR) is 88.7 cm³/mol. The number of halogens is 1.